The number of carbonyl (C=O) groups is 2. The molecule has 2 unspecified atom stereocenters. The van der Waals surface area contributed by atoms with Gasteiger partial charge in [0.2, 0.25) is 5.91 Å². The normalized spacial score (nSPS) is 21.7. The molecule has 1 aliphatic heterocycles. The molecular formula is C14H25NO2S. The summed E-state index contributed by atoms with van der Waals surface area (Å²) in [4.78, 5) is 24.9. The molecule has 0 spiro atoms. The number of rotatable bonds is 6. The highest BCUT2D eigenvalue weighted by molar-refractivity contribution is 8.13. The lowest BCUT2D eigenvalue weighted by Gasteiger charge is -2.25. The zero-order chi connectivity index (χ0) is 13.7. The van der Waals surface area contributed by atoms with E-state index in [1.807, 2.05) is 4.90 Å². The summed E-state index contributed by atoms with van der Waals surface area (Å²) in [5.41, 5.74) is 0. The topological polar surface area (TPSA) is 37.4 Å². The Kier molecular flexibility index (Phi) is 6.19. The van der Waals surface area contributed by atoms with Crippen LogP contribution in [0.5, 0.6) is 0 Å². The van der Waals surface area contributed by atoms with E-state index in [9.17, 15) is 9.59 Å². The zero-order valence-electron chi connectivity index (χ0n) is 11.9. The Morgan fingerprint density at radius 2 is 2.06 bits per heavy atom. The lowest BCUT2D eigenvalue weighted by atomic mass is 10.0. The summed E-state index contributed by atoms with van der Waals surface area (Å²) < 4.78 is 0. The quantitative estimate of drug-likeness (QED) is 0.745. The molecule has 0 aromatic heterocycles. The second-order valence-electron chi connectivity index (χ2n) is 5.74. The van der Waals surface area contributed by atoms with Gasteiger partial charge in [-0.3, -0.25) is 9.59 Å². The maximum absolute atomic E-state index is 11.9. The summed E-state index contributed by atoms with van der Waals surface area (Å²) in [6.07, 6.45) is 2.86. The van der Waals surface area contributed by atoms with Crippen molar-refractivity contribution < 1.29 is 9.59 Å². The third-order valence-electron chi connectivity index (χ3n) is 3.45. The minimum Gasteiger partial charge on any atom is -0.340 e. The third-order valence-corrected chi connectivity index (χ3v) is 4.50. The van der Waals surface area contributed by atoms with Gasteiger partial charge in [-0.25, -0.2) is 0 Å². The van der Waals surface area contributed by atoms with Crippen molar-refractivity contribution in [1.82, 2.24) is 4.90 Å². The first-order chi connectivity index (χ1) is 8.40. The number of likely N-dealkylation sites (tertiary alicyclic amines) is 1. The van der Waals surface area contributed by atoms with Gasteiger partial charge in [0.1, 0.15) is 0 Å². The molecule has 18 heavy (non-hydrogen) atoms. The first-order valence-electron chi connectivity index (χ1n) is 6.83. The summed E-state index contributed by atoms with van der Waals surface area (Å²) in [7, 11) is 0. The van der Waals surface area contributed by atoms with E-state index in [1.54, 1.807) is 6.92 Å². The summed E-state index contributed by atoms with van der Waals surface area (Å²) in [5, 5.41) is 0.147. The van der Waals surface area contributed by atoms with E-state index in [2.05, 4.69) is 20.8 Å². The predicted octanol–water partition coefficient (Wildman–Crippen LogP) is 2.94. The molecule has 0 saturated carbocycles. The van der Waals surface area contributed by atoms with Crippen LogP contribution >= 0.6 is 11.8 Å². The van der Waals surface area contributed by atoms with Crippen LogP contribution < -0.4 is 0 Å². The fourth-order valence-electron chi connectivity index (χ4n) is 2.31. The molecule has 104 valence electrons. The minimum atomic E-state index is 0.147. The molecule has 0 bridgehead atoms. The van der Waals surface area contributed by atoms with Crippen LogP contribution in [0.4, 0.5) is 0 Å². The Hall–Kier alpha value is -0.510. The van der Waals surface area contributed by atoms with Gasteiger partial charge in [-0.2, -0.15) is 0 Å². The second-order valence-corrected chi connectivity index (χ2v) is 6.94. The molecule has 0 aromatic carbocycles. The Morgan fingerprint density at radius 1 is 1.39 bits per heavy atom. The van der Waals surface area contributed by atoms with Crippen LogP contribution in [-0.2, 0) is 9.59 Å². The van der Waals surface area contributed by atoms with Crippen LogP contribution in [0.3, 0.4) is 0 Å². The first-order valence-corrected chi connectivity index (χ1v) is 7.81. The van der Waals surface area contributed by atoms with E-state index in [1.165, 1.54) is 11.8 Å². The van der Waals surface area contributed by atoms with Crippen LogP contribution in [0, 0.1) is 11.8 Å². The van der Waals surface area contributed by atoms with Gasteiger partial charge < -0.3 is 4.90 Å². The van der Waals surface area contributed by atoms with Gasteiger partial charge >= 0.3 is 0 Å². The molecule has 1 heterocycles. The molecule has 1 rings (SSSR count). The fourth-order valence-corrected chi connectivity index (χ4v) is 3.01. The van der Waals surface area contributed by atoms with Crippen LogP contribution in [0.1, 0.15) is 47.0 Å². The van der Waals surface area contributed by atoms with Crippen molar-refractivity contribution in [2.45, 2.75) is 53.0 Å². The van der Waals surface area contributed by atoms with Gasteiger partial charge in [-0.1, -0.05) is 25.6 Å². The molecule has 1 fully saturated rings. The Morgan fingerprint density at radius 3 is 2.61 bits per heavy atom. The van der Waals surface area contributed by atoms with E-state index in [-0.39, 0.29) is 11.0 Å². The van der Waals surface area contributed by atoms with Crippen molar-refractivity contribution in [2.24, 2.45) is 11.8 Å². The van der Waals surface area contributed by atoms with Crippen LogP contribution in [0.25, 0.3) is 0 Å². The molecule has 0 N–H and O–H groups in total. The Balaban J connectivity index is 2.38. The minimum absolute atomic E-state index is 0.147. The maximum atomic E-state index is 11.9. The van der Waals surface area contributed by atoms with Gasteiger partial charge in [0, 0.05) is 31.7 Å². The van der Waals surface area contributed by atoms with Crippen molar-refractivity contribution in [2.75, 3.05) is 12.3 Å². The highest BCUT2D eigenvalue weighted by atomic mass is 32.2. The number of nitrogens with zero attached hydrogens (tertiary/aromatic N) is 1. The van der Waals surface area contributed by atoms with Crippen molar-refractivity contribution >= 4 is 22.8 Å². The number of thioether (sulfide) groups is 1. The molecule has 2 atom stereocenters. The smallest absolute Gasteiger partial charge is 0.223 e. The summed E-state index contributed by atoms with van der Waals surface area (Å²) in [6, 6.07) is 0.340. The van der Waals surface area contributed by atoms with Gasteiger partial charge in [0.05, 0.1) is 0 Å². The molecule has 0 aromatic rings. The van der Waals surface area contributed by atoms with Crippen LogP contribution in [-0.4, -0.2) is 34.3 Å². The van der Waals surface area contributed by atoms with E-state index < -0.39 is 0 Å². The highest BCUT2D eigenvalue weighted by Crippen LogP contribution is 2.25. The first kappa shape index (κ1) is 15.5. The largest absolute Gasteiger partial charge is 0.340 e. The van der Waals surface area contributed by atoms with Crippen molar-refractivity contribution in [3.8, 4) is 0 Å². The van der Waals surface area contributed by atoms with Gasteiger partial charge in [-0.05, 0) is 31.6 Å². The monoisotopic (exact) mass is 271 g/mol. The SMILES string of the molecule is CC(=O)SCC1CC(=O)N(C(C)CCC(C)C)C1. The molecule has 1 saturated heterocycles. The predicted molar refractivity (Wildman–Crippen MR) is 76.5 cm³/mol. The van der Waals surface area contributed by atoms with Crippen molar-refractivity contribution in [3.05, 3.63) is 0 Å². The Labute approximate surface area is 115 Å². The molecule has 0 radical (unpaired) electrons. The van der Waals surface area contributed by atoms with Gasteiger partial charge in [0.15, 0.2) is 5.12 Å². The van der Waals surface area contributed by atoms with Crippen LogP contribution in [0.2, 0.25) is 0 Å². The average Bonchev–Trinajstić information content (AvgIpc) is 2.64. The Bertz CT molecular complexity index is 304. The molecule has 1 aliphatic rings. The second kappa shape index (κ2) is 7.17. The van der Waals surface area contributed by atoms with Crippen LogP contribution in [0.15, 0.2) is 0 Å². The summed E-state index contributed by atoms with van der Waals surface area (Å²) in [6.45, 7) is 8.99. The van der Waals surface area contributed by atoms with E-state index in [0.29, 0.717) is 24.3 Å². The standard InChI is InChI=1S/C14H25NO2S/c1-10(2)5-6-11(3)15-8-13(7-14(15)17)9-18-12(4)16/h10-11,13H,5-9H2,1-4H3. The zero-order valence-corrected chi connectivity index (χ0v) is 12.8. The van der Waals surface area contributed by atoms with Crippen molar-refractivity contribution in [3.63, 3.8) is 0 Å². The number of carbonyl (C=O) groups excluding carboxylic acids is 2. The number of hydrogen-bond acceptors (Lipinski definition) is 3. The average molecular weight is 271 g/mol. The summed E-state index contributed by atoms with van der Waals surface area (Å²) >= 11 is 1.34. The van der Waals surface area contributed by atoms with Gasteiger partial charge in [-0.15, -0.1) is 0 Å². The van der Waals surface area contributed by atoms with Gasteiger partial charge in [0.25, 0.3) is 0 Å². The lowest BCUT2D eigenvalue weighted by Crippen LogP contribution is -2.34. The van der Waals surface area contributed by atoms with E-state index in [0.717, 1.165) is 25.1 Å². The molecule has 4 heteroatoms. The molecule has 3 nitrogen and oxygen atoms in total. The lowest BCUT2D eigenvalue weighted by molar-refractivity contribution is -0.129. The summed E-state index contributed by atoms with van der Waals surface area (Å²) in [5.74, 6) is 2.09. The fraction of sp³-hybridized carbons (Fsp3) is 0.857. The molecule has 0 aliphatic carbocycles. The molecular weight excluding hydrogens is 246 g/mol. The number of amides is 1. The highest BCUT2D eigenvalue weighted by Gasteiger charge is 2.32. The maximum Gasteiger partial charge on any atom is 0.223 e. The third kappa shape index (κ3) is 5.01. The van der Waals surface area contributed by atoms with Crippen molar-refractivity contribution in [1.29, 1.82) is 0 Å². The van der Waals surface area contributed by atoms with E-state index >= 15 is 0 Å². The molecule has 1 amide bonds. The van der Waals surface area contributed by atoms with E-state index in [4.69, 9.17) is 0 Å². The number of hydrogen-bond donors (Lipinski definition) is 0.